The Kier molecular flexibility index (Phi) is 6.47. The molecule has 0 aliphatic heterocycles. The van der Waals surface area contributed by atoms with Gasteiger partial charge in [-0.1, -0.05) is 41.9 Å². The minimum Gasteiger partial charge on any atom is -0.420 e. The Morgan fingerprint density at radius 1 is 0.933 bits per heavy atom. The van der Waals surface area contributed by atoms with Crippen LogP contribution in [0.3, 0.4) is 0 Å². The lowest BCUT2D eigenvalue weighted by molar-refractivity contribution is -0.115. The summed E-state index contributed by atoms with van der Waals surface area (Å²) in [6, 6.07) is 24.6. The topological polar surface area (TPSA) is 68.0 Å². The van der Waals surface area contributed by atoms with Crippen LogP contribution in [0.5, 0.6) is 0 Å². The lowest BCUT2D eigenvalue weighted by atomic mass is 10.1. The minimum absolute atomic E-state index is 0.0722. The van der Waals surface area contributed by atoms with Crippen molar-refractivity contribution in [2.75, 3.05) is 5.32 Å². The lowest BCUT2D eigenvalue weighted by Gasteiger charge is -2.06. The van der Waals surface area contributed by atoms with Crippen molar-refractivity contribution in [3.63, 3.8) is 0 Å². The Balaban J connectivity index is 1.29. The summed E-state index contributed by atoms with van der Waals surface area (Å²) in [5, 5.41) is 11.8. The molecule has 0 atom stereocenters. The molecule has 0 saturated heterocycles. The third-order valence-corrected chi connectivity index (χ3v) is 5.51. The summed E-state index contributed by atoms with van der Waals surface area (Å²) in [6.45, 7) is 0. The molecule has 0 radical (unpaired) electrons. The third-order valence-electron chi connectivity index (χ3n) is 4.27. The fraction of sp³-hybridized carbons (Fsp3) is 0.0870. The molecule has 0 spiro atoms. The highest BCUT2D eigenvalue weighted by Crippen LogP contribution is 2.25. The van der Waals surface area contributed by atoms with Crippen LogP contribution in [0.1, 0.15) is 11.5 Å². The molecule has 5 nitrogen and oxygen atoms in total. The second kappa shape index (κ2) is 9.61. The van der Waals surface area contributed by atoms with Gasteiger partial charge in [0.2, 0.25) is 17.7 Å². The first-order valence-electron chi connectivity index (χ1n) is 9.31. The van der Waals surface area contributed by atoms with Gasteiger partial charge in [0.1, 0.15) is 0 Å². The largest absolute Gasteiger partial charge is 0.420 e. The number of nitrogens with zero attached hydrogens (tertiary/aromatic N) is 2. The Labute approximate surface area is 183 Å². The van der Waals surface area contributed by atoms with Gasteiger partial charge in [0.05, 0.1) is 12.2 Å². The van der Waals surface area contributed by atoms with Gasteiger partial charge in [0, 0.05) is 21.2 Å². The van der Waals surface area contributed by atoms with Crippen molar-refractivity contribution in [1.29, 1.82) is 0 Å². The average molecular weight is 436 g/mol. The van der Waals surface area contributed by atoms with Crippen molar-refractivity contribution >= 4 is 35.0 Å². The van der Waals surface area contributed by atoms with Gasteiger partial charge in [-0.2, -0.15) is 0 Å². The van der Waals surface area contributed by atoms with E-state index in [9.17, 15) is 4.79 Å². The SMILES string of the molecule is O=C(Cc1ccc(Cl)cc1)Nc1ccc(SCc2nnc(-c3ccccc3)o2)cc1. The molecule has 4 rings (SSSR count). The van der Waals surface area contributed by atoms with E-state index in [1.807, 2.05) is 66.7 Å². The van der Waals surface area contributed by atoms with Gasteiger partial charge in [-0.05, 0) is 54.1 Å². The van der Waals surface area contributed by atoms with E-state index in [1.54, 1.807) is 23.9 Å². The molecular weight excluding hydrogens is 418 g/mol. The van der Waals surface area contributed by atoms with Crippen LogP contribution in [0.15, 0.2) is 88.2 Å². The monoisotopic (exact) mass is 435 g/mol. The van der Waals surface area contributed by atoms with Crippen molar-refractivity contribution < 1.29 is 9.21 Å². The molecule has 0 bridgehead atoms. The van der Waals surface area contributed by atoms with E-state index in [1.165, 1.54) is 0 Å². The molecule has 0 aliphatic rings. The number of carbonyl (C=O) groups excluding carboxylic acids is 1. The smallest absolute Gasteiger partial charge is 0.247 e. The van der Waals surface area contributed by atoms with E-state index >= 15 is 0 Å². The lowest BCUT2D eigenvalue weighted by Crippen LogP contribution is -2.14. The Morgan fingerprint density at radius 2 is 1.67 bits per heavy atom. The van der Waals surface area contributed by atoms with Gasteiger partial charge in [-0.25, -0.2) is 0 Å². The predicted octanol–water partition coefficient (Wildman–Crippen LogP) is 5.86. The summed E-state index contributed by atoms with van der Waals surface area (Å²) in [5.41, 5.74) is 2.57. The zero-order chi connectivity index (χ0) is 20.8. The standard InChI is InChI=1S/C23H18ClN3O2S/c24-18-8-6-16(7-9-18)14-21(28)25-19-10-12-20(13-11-19)30-15-22-26-27-23(29-22)17-4-2-1-3-5-17/h1-13H,14-15H2,(H,25,28). The first-order valence-corrected chi connectivity index (χ1v) is 10.7. The van der Waals surface area contributed by atoms with Crippen LogP contribution in [0.25, 0.3) is 11.5 Å². The van der Waals surface area contributed by atoms with Gasteiger partial charge < -0.3 is 9.73 Å². The quantitative estimate of drug-likeness (QED) is 0.368. The number of thioether (sulfide) groups is 1. The molecule has 1 aromatic heterocycles. The number of aromatic nitrogens is 2. The van der Waals surface area contributed by atoms with Gasteiger partial charge in [-0.3, -0.25) is 4.79 Å². The highest BCUT2D eigenvalue weighted by molar-refractivity contribution is 7.98. The van der Waals surface area contributed by atoms with E-state index in [4.69, 9.17) is 16.0 Å². The maximum absolute atomic E-state index is 12.2. The van der Waals surface area contributed by atoms with Crippen LogP contribution in [0.4, 0.5) is 5.69 Å². The zero-order valence-electron chi connectivity index (χ0n) is 15.9. The summed E-state index contributed by atoms with van der Waals surface area (Å²) in [5.74, 6) is 1.59. The summed E-state index contributed by atoms with van der Waals surface area (Å²) in [6.07, 6.45) is 0.300. The first kappa shape index (κ1) is 20.2. The summed E-state index contributed by atoms with van der Waals surface area (Å²) < 4.78 is 5.72. The van der Waals surface area contributed by atoms with Gasteiger partial charge in [0.15, 0.2) is 0 Å². The number of hydrogen-bond donors (Lipinski definition) is 1. The number of nitrogens with one attached hydrogen (secondary N) is 1. The Hall–Kier alpha value is -3.09. The molecule has 0 saturated carbocycles. The molecule has 1 amide bonds. The van der Waals surface area contributed by atoms with E-state index in [2.05, 4.69) is 15.5 Å². The highest BCUT2D eigenvalue weighted by atomic mass is 35.5. The molecule has 4 aromatic rings. The summed E-state index contributed by atoms with van der Waals surface area (Å²) >= 11 is 7.46. The fourth-order valence-corrected chi connectivity index (χ4v) is 3.64. The van der Waals surface area contributed by atoms with Crippen molar-refractivity contribution in [2.45, 2.75) is 17.1 Å². The number of amides is 1. The van der Waals surface area contributed by atoms with E-state index < -0.39 is 0 Å². The van der Waals surface area contributed by atoms with Crippen LogP contribution in [-0.4, -0.2) is 16.1 Å². The molecular formula is C23H18ClN3O2S. The van der Waals surface area contributed by atoms with Crippen molar-refractivity contribution in [1.82, 2.24) is 10.2 Å². The molecule has 0 aliphatic carbocycles. The van der Waals surface area contributed by atoms with Crippen LogP contribution < -0.4 is 5.32 Å². The van der Waals surface area contributed by atoms with Gasteiger partial charge in [-0.15, -0.1) is 22.0 Å². The number of hydrogen-bond acceptors (Lipinski definition) is 5. The maximum atomic E-state index is 12.2. The van der Waals surface area contributed by atoms with Crippen LogP contribution in [0.2, 0.25) is 5.02 Å². The minimum atomic E-state index is -0.0722. The highest BCUT2D eigenvalue weighted by Gasteiger charge is 2.09. The van der Waals surface area contributed by atoms with E-state index in [-0.39, 0.29) is 5.91 Å². The number of halogens is 1. The van der Waals surface area contributed by atoms with Crippen molar-refractivity contribution in [3.8, 4) is 11.5 Å². The average Bonchev–Trinajstić information content (AvgIpc) is 3.25. The number of carbonyl (C=O) groups is 1. The van der Waals surface area contributed by atoms with Crippen molar-refractivity contribution in [3.05, 3.63) is 95.3 Å². The normalized spacial score (nSPS) is 10.7. The first-order chi connectivity index (χ1) is 14.7. The molecule has 150 valence electrons. The molecule has 0 unspecified atom stereocenters. The van der Waals surface area contributed by atoms with Crippen LogP contribution >= 0.6 is 23.4 Å². The molecule has 30 heavy (non-hydrogen) atoms. The Bertz CT molecular complexity index is 1110. The van der Waals surface area contributed by atoms with Gasteiger partial charge >= 0.3 is 0 Å². The molecule has 0 fully saturated rings. The van der Waals surface area contributed by atoms with Crippen LogP contribution in [0, 0.1) is 0 Å². The number of rotatable bonds is 7. The second-order valence-corrected chi connectivity index (χ2v) is 8.02. The molecule has 1 heterocycles. The molecule has 7 heteroatoms. The van der Waals surface area contributed by atoms with E-state index in [0.29, 0.717) is 29.0 Å². The van der Waals surface area contributed by atoms with Gasteiger partial charge in [0.25, 0.3) is 0 Å². The zero-order valence-corrected chi connectivity index (χ0v) is 17.5. The van der Waals surface area contributed by atoms with Crippen molar-refractivity contribution in [2.24, 2.45) is 0 Å². The number of anilines is 1. The summed E-state index contributed by atoms with van der Waals surface area (Å²) in [7, 11) is 0. The molecule has 3 aromatic carbocycles. The maximum Gasteiger partial charge on any atom is 0.247 e. The third kappa shape index (κ3) is 5.49. The van der Waals surface area contributed by atoms with Crippen LogP contribution in [-0.2, 0) is 17.0 Å². The number of benzene rings is 3. The predicted molar refractivity (Wildman–Crippen MR) is 120 cm³/mol. The fourth-order valence-electron chi connectivity index (χ4n) is 2.78. The summed E-state index contributed by atoms with van der Waals surface area (Å²) in [4.78, 5) is 13.3. The Morgan fingerprint density at radius 3 is 2.40 bits per heavy atom. The molecule has 1 N–H and O–H groups in total. The second-order valence-electron chi connectivity index (χ2n) is 6.53. The van der Waals surface area contributed by atoms with E-state index in [0.717, 1.165) is 21.7 Å².